The van der Waals surface area contributed by atoms with Crippen LogP contribution in [-0.2, 0) is 11.3 Å². The Morgan fingerprint density at radius 1 is 1.56 bits per heavy atom. The smallest absolute Gasteiger partial charge is 0.328 e. The number of imidazole rings is 1. The van der Waals surface area contributed by atoms with Crippen LogP contribution in [0.4, 0.5) is 4.79 Å². The second-order valence-corrected chi connectivity index (χ2v) is 2.94. The van der Waals surface area contributed by atoms with Crippen molar-refractivity contribution in [3.05, 3.63) is 18.2 Å². The van der Waals surface area contributed by atoms with Crippen LogP contribution in [0.5, 0.6) is 0 Å². The van der Waals surface area contributed by atoms with Crippen LogP contribution < -0.4 is 10.6 Å². The third-order valence-electron chi connectivity index (χ3n) is 1.76. The van der Waals surface area contributed by atoms with E-state index in [1.807, 2.05) is 0 Å². The molecule has 0 spiro atoms. The molecular weight excluding hydrogens is 216 g/mol. The molecule has 5 N–H and O–H groups in total. The maximum atomic E-state index is 11.2. The van der Waals surface area contributed by atoms with E-state index in [2.05, 4.69) is 20.6 Å². The van der Waals surface area contributed by atoms with Crippen molar-refractivity contribution in [3.63, 3.8) is 0 Å². The standard InChI is InChI=1S/C8H12N4O4/c13-4-5(7(14)15)12-8(16)11-3-6-9-1-2-10-6/h1-2,5,13H,3-4H2,(H,9,10)(H,14,15)(H2,11,12,16). The summed E-state index contributed by atoms with van der Waals surface area (Å²) in [4.78, 5) is 28.3. The number of carboxylic acids is 1. The van der Waals surface area contributed by atoms with Gasteiger partial charge in [0.05, 0.1) is 13.2 Å². The molecule has 16 heavy (non-hydrogen) atoms. The maximum Gasteiger partial charge on any atom is 0.328 e. The summed E-state index contributed by atoms with van der Waals surface area (Å²) in [6.45, 7) is -0.514. The van der Waals surface area contributed by atoms with Gasteiger partial charge in [-0.2, -0.15) is 0 Å². The zero-order valence-electron chi connectivity index (χ0n) is 8.30. The van der Waals surface area contributed by atoms with Gasteiger partial charge in [0.2, 0.25) is 0 Å². The van der Waals surface area contributed by atoms with Gasteiger partial charge in [0, 0.05) is 12.4 Å². The Hall–Kier alpha value is -2.09. The first kappa shape index (κ1) is 12.0. The summed E-state index contributed by atoms with van der Waals surface area (Å²) in [5, 5.41) is 21.7. The van der Waals surface area contributed by atoms with Crippen molar-refractivity contribution in [2.75, 3.05) is 6.61 Å². The van der Waals surface area contributed by atoms with E-state index in [1.54, 1.807) is 6.20 Å². The molecule has 1 aromatic rings. The van der Waals surface area contributed by atoms with Crippen molar-refractivity contribution in [3.8, 4) is 0 Å². The topological polar surface area (TPSA) is 127 Å². The summed E-state index contributed by atoms with van der Waals surface area (Å²) < 4.78 is 0. The lowest BCUT2D eigenvalue weighted by atomic mass is 10.3. The van der Waals surface area contributed by atoms with E-state index in [1.165, 1.54) is 6.20 Å². The number of carboxylic acid groups (broad SMARTS) is 1. The van der Waals surface area contributed by atoms with E-state index in [0.717, 1.165) is 0 Å². The van der Waals surface area contributed by atoms with E-state index in [-0.39, 0.29) is 6.54 Å². The molecule has 0 aromatic carbocycles. The number of nitrogens with one attached hydrogen (secondary N) is 3. The molecule has 1 aromatic heterocycles. The van der Waals surface area contributed by atoms with Gasteiger partial charge in [-0.25, -0.2) is 14.6 Å². The Bertz CT molecular complexity index is 351. The molecule has 0 aliphatic heterocycles. The van der Waals surface area contributed by atoms with E-state index in [9.17, 15) is 9.59 Å². The number of aliphatic carboxylic acids is 1. The molecule has 0 saturated carbocycles. The summed E-state index contributed by atoms with van der Waals surface area (Å²) in [6.07, 6.45) is 3.13. The van der Waals surface area contributed by atoms with Crippen molar-refractivity contribution in [1.29, 1.82) is 0 Å². The minimum absolute atomic E-state index is 0.149. The maximum absolute atomic E-state index is 11.2. The average Bonchev–Trinajstić information content (AvgIpc) is 2.75. The molecular formula is C8H12N4O4. The number of hydrogen-bond acceptors (Lipinski definition) is 4. The minimum Gasteiger partial charge on any atom is -0.480 e. The number of aliphatic hydroxyl groups excluding tert-OH is 1. The van der Waals surface area contributed by atoms with E-state index >= 15 is 0 Å². The Kier molecular flexibility index (Phi) is 4.28. The third kappa shape index (κ3) is 3.58. The predicted octanol–water partition coefficient (Wildman–Crippen LogP) is -1.35. The Morgan fingerprint density at radius 2 is 2.31 bits per heavy atom. The number of urea groups is 1. The molecule has 1 unspecified atom stereocenters. The van der Waals surface area contributed by atoms with Gasteiger partial charge in [0.25, 0.3) is 0 Å². The number of aromatic nitrogens is 2. The highest BCUT2D eigenvalue weighted by Crippen LogP contribution is 1.87. The second-order valence-electron chi connectivity index (χ2n) is 2.94. The number of nitrogens with zero attached hydrogens (tertiary/aromatic N) is 1. The molecule has 0 aliphatic carbocycles. The largest absolute Gasteiger partial charge is 0.480 e. The zero-order chi connectivity index (χ0) is 12.0. The van der Waals surface area contributed by atoms with Gasteiger partial charge in [0.15, 0.2) is 6.04 Å². The molecule has 88 valence electrons. The zero-order valence-corrected chi connectivity index (χ0v) is 8.30. The molecule has 8 nitrogen and oxygen atoms in total. The van der Waals surface area contributed by atoms with Crippen LogP contribution in [0.1, 0.15) is 5.82 Å². The highest BCUT2D eigenvalue weighted by atomic mass is 16.4. The van der Waals surface area contributed by atoms with Crippen LogP contribution in [-0.4, -0.2) is 44.8 Å². The first-order valence-electron chi connectivity index (χ1n) is 4.49. The first-order valence-corrected chi connectivity index (χ1v) is 4.49. The quantitative estimate of drug-likeness (QED) is 0.426. The number of hydrogen-bond donors (Lipinski definition) is 5. The number of rotatable bonds is 5. The Balaban J connectivity index is 2.33. The van der Waals surface area contributed by atoms with Gasteiger partial charge < -0.3 is 25.8 Å². The van der Waals surface area contributed by atoms with Crippen LogP contribution in [0.2, 0.25) is 0 Å². The van der Waals surface area contributed by atoms with Gasteiger partial charge in [-0.3, -0.25) is 0 Å². The van der Waals surface area contributed by atoms with Crippen molar-refractivity contribution in [2.24, 2.45) is 0 Å². The molecule has 1 atom stereocenters. The lowest BCUT2D eigenvalue weighted by Crippen LogP contribution is -2.47. The van der Waals surface area contributed by atoms with Gasteiger partial charge >= 0.3 is 12.0 Å². The molecule has 1 heterocycles. The summed E-state index contributed by atoms with van der Waals surface area (Å²) in [7, 11) is 0. The number of amides is 2. The molecule has 0 radical (unpaired) electrons. The van der Waals surface area contributed by atoms with E-state index < -0.39 is 24.6 Å². The highest BCUT2D eigenvalue weighted by molar-refractivity contribution is 5.82. The average molecular weight is 228 g/mol. The van der Waals surface area contributed by atoms with Crippen LogP contribution in [0.3, 0.4) is 0 Å². The molecule has 0 bridgehead atoms. The van der Waals surface area contributed by atoms with Crippen molar-refractivity contribution < 1.29 is 19.8 Å². The lowest BCUT2D eigenvalue weighted by molar-refractivity contribution is -0.140. The van der Waals surface area contributed by atoms with E-state index in [0.29, 0.717) is 5.82 Å². The minimum atomic E-state index is -1.31. The first-order chi connectivity index (χ1) is 7.63. The monoisotopic (exact) mass is 228 g/mol. The van der Waals surface area contributed by atoms with Crippen LogP contribution in [0, 0.1) is 0 Å². The van der Waals surface area contributed by atoms with Gasteiger partial charge in [-0.1, -0.05) is 0 Å². The van der Waals surface area contributed by atoms with Crippen LogP contribution in [0.25, 0.3) is 0 Å². The fraction of sp³-hybridized carbons (Fsp3) is 0.375. The molecule has 2 amide bonds. The molecule has 8 heteroatoms. The van der Waals surface area contributed by atoms with Gasteiger partial charge in [0.1, 0.15) is 5.82 Å². The Labute approximate surface area is 90.7 Å². The lowest BCUT2D eigenvalue weighted by Gasteiger charge is -2.11. The second kappa shape index (κ2) is 5.71. The van der Waals surface area contributed by atoms with Gasteiger partial charge in [-0.05, 0) is 0 Å². The SMILES string of the molecule is O=C(NCc1ncc[nH]1)NC(CO)C(=O)O. The number of aromatic amines is 1. The number of H-pyrrole nitrogens is 1. The highest BCUT2D eigenvalue weighted by Gasteiger charge is 2.18. The van der Waals surface area contributed by atoms with E-state index in [4.69, 9.17) is 10.2 Å². The van der Waals surface area contributed by atoms with Crippen molar-refractivity contribution >= 4 is 12.0 Å². The summed E-state index contributed by atoms with van der Waals surface area (Å²) in [5.74, 6) is -0.748. The normalized spacial score (nSPS) is 11.8. The summed E-state index contributed by atoms with van der Waals surface area (Å²) >= 11 is 0. The molecule has 0 fully saturated rings. The number of carbonyl (C=O) groups excluding carboxylic acids is 1. The predicted molar refractivity (Wildman–Crippen MR) is 52.5 cm³/mol. The number of aliphatic hydroxyl groups is 1. The van der Waals surface area contributed by atoms with Crippen molar-refractivity contribution in [1.82, 2.24) is 20.6 Å². The van der Waals surface area contributed by atoms with Crippen LogP contribution in [0.15, 0.2) is 12.4 Å². The van der Waals surface area contributed by atoms with Gasteiger partial charge in [-0.15, -0.1) is 0 Å². The molecule has 1 rings (SSSR count). The third-order valence-corrected chi connectivity index (χ3v) is 1.76. The fourth-order valence-electron chi connectivity index (χ4n) is 0.953. The summed E-state index contributed by atoms with van der Waals surface area (Å²) in [5.41, 5.74) is 0. The number of carbonyl (C=O) groups is 2. The van der Waals surface area contributed by atoms with Crippen molar-refractivity contribution in [2.45, 2.75) is 12.6 Å². The molecule has 0 saturated heterocycles. The Morgan fingerprint density at radius 3 is 2.81 bits per heavy atom. The fourth-order valence-corrected chi connectivity index (χ4v) is 0.953. The van der Waals surface area contributed by atoms with Crippen LogP contribution >= 0.6 is 0 Å². The summed E-state index contributed by atoms with van der Waals surface area (Å²) in [6, 6.07) is -1.99. The molecule has 0 aliphatic rings.